The third-order valence-corrected chi connectivity index (χ3v) is 3.07. The summed E-state index contributed by atoms with van der Waals surface area (Å²) >= 11 is 0. The van der Waals surface area contributed by atoms with E-state index in [1.54, 1.807) is 18.2 Å². The fourth-order valence-corrected chi connectivity index (χ4v) is 1.94. The first-order chi connectivity index (χ1) is 8.42. The van der Waals surface area contributed by atoms with E-state index in [4.69, 9.17) is 11.5 Å². The summed E-state index contributed by atoms with van der Waals surface area (Å²) in [7, 11) is 0. The molecule has 0 saturated heterocycles. The van der Waals surface area contributed by atoms with Gasteiger partial charge in [-0.2, -0.15) is 0 Å². The van der Waals surface area contributed by atoms with Crippen molar-refractivity contribution < 1.29 is 4.79 Å². The standard InChI is InChI=1S/C14H23N3O/c1-4-9(2)5-10(3)17-14(18)11-6-12(15)8-13(16)7-11/h6-10H,4-5,15-16H2,1-3H3,(H,17,18). The number of hydrogen-bond donors (Lipinski definition) is 3. The Morgan fingerprint density at radius 3 is 2.28 bits per heavy atom. The number of carbonyl (C=O) groups is 1. The number of nitrogen functional groups attached to an aromatic ring is 2. The summed E-state index contributed by atoms with van der Waals surface area (Å²) in [6, 6.07) is 5.07. The summed E-state index contributed by atoms with van der Waals surface area (Å²) < 4.78 is 0. The molecule has 1 aromatic rings. The second-order valence-corrected chi connectivity index (χ2v) is 5.01. The Bertz CT molecular complexity index is 397. The third-order valence-electron chi connectivity index (χ3n) is 3.07. The summed E-state index contributed by atoms with van der Waals surface area (Å²) in [6.07, 6.45) is 2.09. The smallest absolute Gasteiger partial charge is 0.251 e. The van der Waals surface area contributed by atoms with Gasteiger partial charge in [0.2, 0.25) is 0 Å². The van der Waals surface area contributed by atoms with Gasteiger partial charge in [0.1, 0.15) is 0 Å². The molecular weight excluding hydrogens is 226 g/mol. The minimum absolute atomic E-state index is 0.121. The van der Waals surface area contributed by atoms with Crippen molar-refractivity contribution in [2.24, 2.45) is 5.92 Å². The molecule has 0 spiro atoms. The van der Waals surface area contributed by atoms with Gasteiger partial charge in [-0.05, 0) is 37.5 Å². The van der Waals surface area contributed by atoms with E-state index in [0.29, 0.717) is 22.9 Å². The highest BCUT2D eigenvalue weighted by atomic mass is 16.1. The van der Waals surface area contributed by atoms with E-state index in [2.05, 4.69) is 19.2 Å². The number of amides is 1. The maximum absolute atomic E-state index is 12.0. The van der Waals surface area contributed by atoms with Crippen LogP contribution in [0, 0.1) is 5.92 Å². The van der Waals surface area contributed by atoms with Gasteiger partial charge in [0.25, 0.3) is 5.91 Å². The van der Waals surface area contributed by atoms with E-state index in [0.717, 1.165) is 12.8 Å². The second kappa shape index (κ2) is 6.28. The fourth-order valence-electron chi connectivity index (χ4n) is 1.94. The zero-order valence-electron chi connectivity index (χ0n) is 11.4. The number of nitrogens with one attached hydrogen (secondary N) is 1. The van der Waals surface area contributed by atoms with Crippen molar-refractivity contribution in [2.75, 3.05) is 11.5 Å². The van der Waals surface area contributed by atoms with Gasteiger partial charge >= 0.3 is 0 Å². The second-order valence-electron chi connectivity index (χ2n) is 5.01. The quantitative estimate of drug-likeness (QED) is 0.701. The molecule has 0 saturated carbocycles. The highest BCUT2D eigenvalue weighted by Gasteiger charge is 2.12. The molecule has 0 fully saturated rings. The van der Waals surface area contributed by atoms with Gasteiger partial charge < -0.3 is 16.8 Å². The van der Waals surface area contributed by atoms with Crippen LogP contribution >= 0.6 is 0 Å². The van der Waals surface area contributed by atoms with Gasteiger partial charge in [-0.15, -0.1) is 0 Å². The van der Waals surface area contributed by atoms with Crippen LogP contribution in [0.1, 0.15) is 44.0 Å². The number of anilines is 2. The molecule has 18 heavy (non-hydrogen) atoms. The monoisotopic (exact) mass is 249 g/mol. The van der Waals surface area contributed by atoms with E-state index >= 15 is 0 Å². The lowest BCUT2D eigenvalue weighted by Crippen LogP contribution is -2.33. The molecule has 1 amide bonds. The molecule has 1 rings (SSSR count). The molecule has 0 radical (unpaired) electrons. The first-order valence-electron chi connectivity index (χ1n) is 6.39. The summed E-state index contributed by atoms with van der Waals surface area (Å²) in [5.41, 5.74) is 12.9. The Morgan fingerprint density at radius 2 is 1.78 bits per heavy atom. The molecule has 4 nitrogen and oxygen atoms in total. The van der Waals surface area contributed by atoms with Crippen LogP contribution in [-0.2, 0) is 0 Å². The van der Waals surface area contributed by atoms with Crippen molar-refractivity contribution in [1.29, 1.82) is 0 Å². The first-order valence-corrected chi connectivity index (χ1v) is 6.39. The minimum atomic E-state index is -0.121. The Labute approximate surface area is 109 Å². The lowest BCUT2D eigenvalue weighted by molar-refractivity contribution is 0.0935. The van der Waals surface area contributed by atoms with Gasteiger partial charge in [0.15, 0.2) is 0 Å². The van der Waals surface area contributed by atoms with Gasteiger partial charge in [-0.3, -0.25) is 4.79 Å². The third kappa shape index (κ3) is 4.28. The van der Waals surface area contributed by atoms with Crippen LogP contribution in [0.2, 0.25) is 0 Å². The van der Waals surface area contributed by atoms with Crippen molar-refractivity contribution in [2.45, 2.75) is 39.7 Å². The van der Waals surface area contributed by atoms with Crippen LogP contribution in [0.25, 0.3) is 0 Å². The SMILES string of the molecule is CCC(C)CC(C)NC(=O)c1cc(N)cc(N)c1. The molecule has 4 heteroatoms. The summed E-state index contributed by atoms with van der Waals surface area (Å²) in [5, 5.41) is 2.97. The maximum atomic E-state index is 12.0. The number of rotatable bonds is 5. The molecule has 100 valence electrons. The highest BCUT2D eigenvalue weighted by Crippen LogP contribution is 2.14. The largest absolute Gasteiger partial charge is 0.399 e. The Kier molecular flexibility index (Phi) is 5.01. The van der Waals surface area contributed by atoms with Gasteiger partial charge in [0, 0.05) is 23.0 Å². The molecule has 0 aliphatic carbocycles. The average Bonchev–Trinajstić information content (AvgIpc) is 2.27. The lowest BCUT2D eigenvalue weighted by atomic mass is 10.00. The van der Waals surface area contributed by atoms with Crippen LogP contribution in [0.15, 0.2) is 18.2 Å². The molecule has 1 aromatic carbocycles. The van der Waals surface area contributed by atoms with Crippen molar-refractivity contribution >= 4 is 17.3 Å². The zero-order chi connectivity index (χ0) is 13.7. The summed E-state index contributed by atoms with van der Waals surface area (Å²) in [5.74, 6) is 0.482. The molecule has 2 atom stereocenters. The van der Waals surface area contributed by atoms with Gasteiger partial charge in [0.05, 0.1) is 0 Å². The topological polar surface area (TPSA) is 81.1 Å². The molecule has 0 aromatic heterocycles. The summed E-state index contributed by atoms with van der Waals surface area (Å²) in [4.78, 5) is 12.0. The molecule has 5 N–H and O–H groups in total. The van der Waals surface area contributed by atoms with Crippen molar-refractivity contribution in [3.05, 3.63) is 23.8 Å². The Balaban J connectivity index is 2.64. The highest BCUT2D eigenvalue weighted by molar-refractivity contribution is 5.96. The molecule has 0 aliphatic rings. The fraction of sp³-hybridized carbons (Fsp3) is 0.500. The van der Waals surface area contributed by atoms with E-state index in [1.807, 2.05) is 6.92 Å². The minimum Gasteiger partial charge on any atom is -0.399 e. The molecular formula is C14H23N3O. The number of carbonyl (C=O) groups excluding carboxylic acids is 1. The Morgan fingerprint density at radius 1 is 1.22 bits per heavy atom. The van der Waals surface area contributed by atoms with Crippen LogP contribution in [0.5, 0.6) is 0 Å². The van der Waals surface area contributed by atoms with Crippen LogP contribution in [0.4, 0.5) is 11.4 Å². The van der Waals surface area contributed by atoms with E-state index in [-0.39, 0.29) is 11.9 Å². The first kappa shape index (κ1) is 14.4. The molecule has 0 heterocycles. The number of benzene rings is 1. The predicted octanol–water partition coefficient (Wildman–Crippen LogP) is 2.41. The van der Waals surface area contributed by atoms with Gasteiger partial charge in [-0.1, -0.05) is 20.3 Å². The van der Waals surface area contributed by atoms with Crippen molar-refractivity contribution in [3.63, 3.8) is 0 Å². The maximum Gasteiger partial charge on any atom is 0.251 e. The molecule has 2 unspecified atom stereocenters. The Hall–Kier alpha value is -1.71. The van der Waals surface area contributed by atoms with E-state index < -0.39 is 0 Å². The number of nitrogens with two attached hydrogens (primary N) is 2. The number of hydrogen-bond acceptors (Lipinski definition) is 3. The van der Waals surface area contributed by atoms with Crippen LogP contribution in [-0.4, -0.2) is 11.9 Å². The van der Waals surface area contributed by atoms with Gasteiger partial charge in [-0.25, -0.2) is 0 Å². The zero-order valence-corrected chi connectivity index (χ0v) is 11.4. The average molecular weight is 249 g/mol. The molecule has 0 bridgehead atoms. The lowest BCUT2D eigenvalue weighted by Gasteiger charge is -2.17. The molecule has 0 aliphatic heterocycles. The van der Waals surface area contributed by atoms with Crippen LogP contribution in [0.3, 0.4) is 0 Å². The van der Waals surface area contributed by atoms with Crippen LogP contribution < -0.4 is 16.8 Å². The predicted molar refractivity (Wildman–Crippen MR) is 76.3 cm³/mol. The normalized spacial score (nSPS) is 13.9. The van der Waals surface area contributed by atoms with E-state index in [1.165, 1.54) is 0 Å². The van der Waals surface area contributed by atoms with Crippen molar-refractivity contribution in [3.8, 4) is 0 Å². The van der Waals surface area contributed by atoms with E-state index in [9.17, 15) is 4.79 Å². The van der Waals surface area contributed by atoms with Crippen molar-refractivity contribution in [1.82, 2.24) is 5.32 Å². The summed E-state index contributed by atoms with van der Waals surface area (Å²) in [6.45, 7) is 6.35.